The second-order valence-corrected chi connectivity index (χ2v) is 6.75. The van der Waals surface area contributed by atoms with Crippen LogP contribution in [-0.2, 0) is 4.79 Å². The normalized spacial score (nSPS) is 15.5. The lowest BCUT2D eigenvalue weighted by Crippen LogP contribution is -2.38. The second-order valence-electron chi connectivity index (χ2n) is 5.83. The smallest absolute Gasteiger partial charge is 0.228 e. The molecule has 2 aromatic rings. The second kappa shape index (κ2) is 7.08. The molecule has 2 aromatic heterocycles. The van der Waals surface area contributed by atoms with Gasteiger partial charge in [-0.1, -0.05) is 6.07 Å². The molecule has 0 aliphatic carbocycles. The van der Waals surface area contributed by atoms with Crippen LogP contribution in [0.25, 0.3) is 0 Å². The van der Waals surface area contributed by atoms with E-state index < -0.39 is 0 Å². The molecule has 0 radical (unpaired) electrons. The molecule has 3 rings (SSSR count). The van der Waals surface area contributed by atoms with Gasteiger partial charge in [-0.2, -0.15) is 0 Å². The van der Waals surface area contributed by atoms with Gasteiger partial charge in [-0.15, -0.1) is 0 Å². The van der Waals surface area contributed by atoms with Crippen molar-refractivity contribution in [1.29, 1.82) is 0 Å². The Labute approximate surface area is 144 Å². The molecule has 1 fully saturated rings. The summed E-state index contributed by atoms with van der Waals surface area (Å²) < 4.78 is 0.973. The summed E-state index contributed by atoms with van der Waals surface area (Å²) in [6.45, 7) is 3.69. The minimum absolute atomic E-state index is 0.0365. The molecule has 1 saturated heterocycles. The monoisotopic (exact) mass is 374 g/mol. The van der Waals surface area contributed by atoms with Crippen molar-refractivity contribution in [2.24, 2.45) is 5.92 Å². The summed E-state index contributed by atoms with van der Waals surface area (Å²) in [5, 5.41) is 2.91. The van der Waals surface area contributed by atoms with E-state index in [0.29, 0.717) is 5.82 Å². The molecule has 1 amide bonds. The average Bonchev–Trinajstić information content (AvgIpc) is 2.57. The number of hydrogen-bond acceptors (Lipinski definition) is 4. The van der Waals surface area contributed by atoms with E-state index in [0.717, 1.165) is 41.7 Å². The molecule has 0 bridgehead atoms. The lowest BCUT2D eigenvalue weighted by atomic mass is 9.95. The zero-order chi connectivity index (χ0) is 16.2. The Kier molecular flexibility index (Phi) is 4.91. The van der Waals surface area contributed by atoms with Crippen LogP contribution < -0.4 is 10.2 Å². The molecule has 0 atom stereocenters. The first kappa shape index (κ1) is 15.9. The predicted octanol–water partition coefficient (Wildman–Crippen LogP) is 3.40. The number of pyridine rings is 2. The van der Waals surface area contributed by atoms with Gasteiger partial charge in [0.2, 0.25) is 5.91 Å². The van der Waals surface area contributed by atoms with Gasteiger partial charge in [0.05, 0.1) is 11.9 Å². The summed E-state index contributed by atoms with van der Waals surface area (Å²) in [5.41, 5.74) is 2.18. The van der Waals surface area contributed by atoms with Gasteiger partial charge in [-0.25, -0.2) is 4.98 Å². The maximum absolute atomic E-state index is 12.4. The van der Waals surface area contributed by atoms with Crippen molar-refractivity contribution >= 4 is 33.3 Å². The Morgan fingerprint density at radius 3 is 2.70 bits per heavy atom. The van der Waals surface area contributed by atoms with E-state index in [2.05, 4.69) is 42.2 Å². The van der Waals surface area contributed by atoms with Crippen LogP contribution in [0.4, 0.5) is 11.5 Å². The Hall–Kier alpha value is -1.95. The summed E-state index contributed by atoms with van der Waals surface area (Å²) in [6, 6.07) is 5.85. The van der Waals surface area contributed by atoms with Crippen LogP contribution in [0.1, 0.15) is 18.4 Å². The van der Waals surface area contributed by atoms with Crippen LogP contribution >= 0.6 is 15.9 Å². The number of amides is 1. The number of hydrogen-bond donors (Lipinski definition) is 1. The third-order valence-corrected chi connectivity index (χ3v) is 4.52. The number of piperidine rings is 1. The van der Waals surface area contributed by atoms with Gasteiger partial charge < -0.3 is 10.2 Å². The van der Waals surface area contributed by atoms with Crippen molar-refractivity contribution in [3.63, 3.8) is 0 Å². The van der Waals surface area contributed by atoms with Gasteiger partial charge >= 0.3 is 0 Å². The molecule has 3 heterocycles. The third kappa shape index (κ3) is 4.07. The van der Waals surface area contributed by atoms with Gasteiger partial charge in [-0.05, 0) is 53.4 Å². The zero-order valence-corrected chi connectivity index (χ0v) is 14.6. The lowest BCUT2D eigenvalue weighted by Gasteiger charge is -2.32. The fourth-order valence-corrected chi connectivity index (χ4v) is 3.10. The molecule has 1 aliphatic rings. The SMILES string of the molecule is Cc1ccc(NC(=O)C2CCN(c3cncc(Br)c3)CC2)nc1. The molecular weight excluding hydrogens is 356 g/mol. The minimum atomic E-state index is 0.0365. The fraction of sp³-hybridized carbons (Fsp3) is 0.353. The van der Waals surface area contributed by atoms with Crippen molar-refractivity contribution in [3.05, 3.63) is 46.8 Å². The molecule has 0 aromatic carbocycles. The van der Waals surface area contributed by atoms with Gasteiger partial charge in [0.25, 0.3) is 0 Å². The maximum Gasteiger partial charge on any atom is 0.228 e. The van der Waals surface area contributed by atoms with Crippen molar-refractivity contribution in [3.8, 4) is 0 Å². The van der Waals surface area contributed by atoms with Crippen LogP contribution in [0.2, 0.25) is 0 Å². The van der Waals surface area contributed by atoms with Crippen LogP contribution in [0.15, 0.2) is 41.3 Å². The summed E-state index contributed by atoms with van der Waals surface area (Å²) in [4.78, 5) is 23.1. The highest BCUT2D eigenvalue weighted by Crippen LogP contribution is 2.25. The van der Waals surface area contributed by atoms with Gasteiger partial charge in [0.1, 0.15) is 5.82 Å². The highest BCUT2D eigenvalue weighted by molar-refractivity contribution is 9.10. The van der Waals surface area contributed by atoms with Crippen LogP contribution in [0, 0.1) is 12.8 Å². The molecule has 1 N–H and O–H groups in total. The van der Waals surface area contributed by atoms with Crippen molar-refractivity contribution < 1.29 is 4.79 Å². The predicted molar refractivity (Wildman–Crippen MR) is 94.5 cm³/mol. The summed E-state index contributed by atoms with van der Waals surface area (Å²) in [7, 11) is 0. The third-order valence-electron chi connectivity index (χ3n) is 4.08. The van der Waals surface area contributed by atoms with Crippen molar-refractivity contribution in [2.45, 2.75) is 19.8 Å². The molecule has 5 nitrogen and oxygen atoms in total. The van der Waals surface area contributed by atoms with E-state index in [-0.39, 0.29) is 11.8 Å². The fourth-order valence-electron chi connectivity index (χ4n) is 2.74. The highest BCUT2D eigenvalue weighted by Gasteiger charge is 2.25. The number of anilines is 2. The van der Waals surface area contributed by atoms with E-state index in [4.69, 9.17) is 0 Å². The Bertz CT molecular complexity index is 681. The standard InChI is InChI=1S/C17H19BrN4O/c1-12-2-3-16(20-9-12)21-17(23)13-4-6-22(7-5-13)15-8-14(18)10-19-11-15/h2-3,8-11,13H,4-7H2,1H3,(H,20,21,23). The first-order chi connectivity index (χ1) is 11.1. The van der Waals surface area contributed by atoms with Crippen LogP contribution in [0.5, 0.6) is 0 Å². The number of carbonyl (C=O) groups excluding carboxylic acids is 1. The largest absolute Gasteiger partial charge is 0.370 e. The number of aryl methyl sites for hydroxylation is 1. The molecule has 6 heteroatoms. The van der Waals surface area contributed by atoms with E-state index >= 15 is 0 Å². The Balaban J connectivity index is 1.56. The van der Waals surface area contributed by atoms with Crippen LogP contribution in [0.3, 0.4) is 0 Å². The number of nitrogens with one attached hydrogen (secondary N) is 1. The van der Waals surface area contributed by atoms with Gasteiger partial charge in [-0.3, -0.25) is 9.78 Å². The quantitative estimate of drug-likeness (QED) is 0.894. The topological polar surface area (TPSA) is 58.1 Å². The van der Waals surface area contributed by atoms with Crippen LogP contribution in [-0.4, -0.2) is 29.0 Å². The minimum Gasteiger partial charge on any atom is -0.370 e. The summed E-state index contributed by atoms with van der Waals surface area (Å²) in [5.74, 6) is 0.724. The van der Waals surface area contributed by atoms with E-state index in [1.54, 1.807) is 12.4 Å². The van der Waals surface area contributed by atoms with E-state index in [1.807, 2.05) is 25.3 Å². The zero-order valence-electron chi connectivity index (χ0n) is 13.0. The molecule has 0 spiro atoms. The number of rotatable bonds is 3. The number of aromatic nitrogens is 2. The highest BCUT2D eigenvalue weighted by atomic mass is 79.9. The molecule has 23 heavy (non-hydrogen) atoms. The van der Waals surface area contributed by atoms with Gasteiger partial charge in [0.15, 0.2) is 0 Å². The molecule has 0 unspecified atom stereocenters. The number of halogens is 1. The Morgan fingerprint density at radius 1 is 1.26 bits per heavy atom. The first-order valence-electron chi connectivity index (χ1n) is 7.71. The summed E-state index contributed by atoms with van der Waals surface area (Å²) >= 11 is 3.45. The Morgan fingerprint density at radius 2 is 2.04 bits per heavy atom. The van der Waals surface area contributed by atoms with E-state index in [1.165, 1.54) is 0 Å². The van der Waals surface area contributed by atoms with Crippen molar-refractivity contribution in [2.75, 3.05) is 23.3 Å². The number of carbonyl (C=O) groups is 1. The number of nitrogens with zero attached hydrogens (tertiary/aromatic N) is 3. The van der Waals surface area contributed by atoms with Gasteiger partial charge in [0, 0.05) is 35.9 Å². The molecule has 1 aliphatic heterocycles. The maximum atomic E-state index is 12.4. The lowest BCUT2D eigenvalue weighted by molar-refractivity contribution is -0.120. The first-order valence-corrected chi connectivity index (χ1v) is 8.50. The molecular formula is C17H19BrN4O. The average molecular weight is 375 g/mol. The van der Waals surface area contributed by atoms with Crippen molar-refractivity contribution in [1.82, 2.24) is 9.97 Å². The van der Waals surface area contributed by atoms with E-state index in [9.17, 15) is 4.79 Å². The molecule has 0 saturated carbocycles. The summed E-state index contributed by atoms with van der Waals surface area (Å²) in [6.07, 6.45) is 7.08. The molecule has 120 valence electrons.